The van der Waals surface area contributed by atoms with E-state index < -0.39 is 0 Å². The number of carbonyl (C=O) groups is 1. The maximum atomic E-state index is 10.7. The van der Waals surface area contributed by atoms with Crippen molar-refractivity contribution in [2.24, 2.45) is 0 Å². The second-order valence-electron chi connectivity index (χ2n) is 2.13. The van der Waals surface area contributed by atoms with Crippen molar-refractivity contribution in [2.75, 3.05) is 13.6 Å². The van der Waals surface area contributed by atoms with E-state index in [4.69, 9.17) is 6.42 Å². The summed E-state index contributed by atoms with van der Waals surface area (Å²) in [6.07, 6.45) is 6.72. The van der Waals surface area contributed by atoms with Gasteiger partial charge in [0.1, 0.15) is 5.78 Å². The first kappa shape index (κ1) is 9.19. The fraction of sp³-hybridized carbons (Fsp3) is 0.625. The molecule has 0 aromatic heterocycles. The highest BCUT2D eigenvalue weighted by Gasteiger charge is 1.96. The third kappa shape index (κ3) is 5.33. The first-order chi connectivity index (χ1) is 4.81. The van der Waals surface area contributed by atoms with Gasteiger partial charge >= 0.3 is 0 Å². The van der Waals surface area contributed by atoms with Crippen molar-refractivity contribution < 1.29 is 4.79 Å². The molecular weight excluding hydrogens is 126 g/mol. The van der Waals surface area contributed by atoms with E-state index in [1.54, 1.807) is 0 Å². The van der Waals surface area contributed by atoms with Gasteiger partial charge in [-0.2, -0.15) is 0 Å². The molecule has 2 nitrogen and oxygen atoms in total. The van der Waals surface area contributed by atoms with Gasteiger partial charge in [-0.3, -0.25) is 4.79 Å². The van der Waals surface area contributed by atoms with Gasteiger partial charge in [0.25, 0.3) is 0 Å². The summed E-state index contributed by atoms with van der Waals surface area (Å²) in [7, 11) is 1.87. The molecule has 2 heteroatoms. The average Bonchev–Trinajstić information content (AvgIpc) is 1.89. The largest absolute Gasteiger partial charge is 0.320 e. The van der Waals surface area contributed by atoms with Crippen molar-refractivity contribution in [3.05, 3.63) is 0 Å². The van der Waals surface area contributed by atoms with Crippen LogP contribution >= 0.6 is 0 Å². The molecule has 0 amide bonds. The van der Waals surface area contributed by atoms with Gasteiger partial charge in [0.15, 0.2) is 0 Å². The van der Waals surface area contributed by atoms with E-state index in [1.807, 2.05) is 7.05 Å². The number of ketones is 1. The molecule has 0 saturated heterocycles. The molecule has 0 spiro atoms. The van der Waals surface area contributed by atoms with Crippen LogP contribution in [0.1, 0.15) is 19.3 Å². The third-order valence-electron chi connectivity index (χ3n) is 1.18. The van der Waals surface area contributed by atoms with Crippen molar-refractivity contribution in [1.29, 1.82) is 0 Å². The lowest BCUT2D eigenvalue weighted by molar-refractivity contribution is -0.118. The van der Waals surface area contributed by atoms with Gasteiger partial charge < -0.3 is 5.32 Å². The Morgan fingerprint density at radius 3 is 2.90 bits per heavy atom. The Balaban J connectivity index is 3.15. The van der Waals surface area contributed by atoms with Crippen LogP contribution in [0.25, 0.3) is 0 Å². The van der Waals surface area contributed by atoms with Crippen molar-refractivity contribution in [1.82, 2.24) is 5.32 Å². The van der Waals surface area contributed by atoms with Gasteiger partial charge in [-0.15, -0.1) is 6.42 Å². The zero-order chi connectivity index (χ0) is 7.82. The molecule has 0 unspecified atom stereocenters. The van der Waals surface area contributed by atoms with Gasteiger partial charge in [-0.25, -0.2) is 0 Å². The quantitative estimate of drug-likeness (QED) is 0.446. The van der Waals surface area contributed by atoms with E-state index in [0.29, 0.717) is 6.42 Å². The molecule has 0 aliphatic rings. The summed E-state index contributed by atoms with van der Waals surface area (Å²) in [4.78, 5) is 10.7. The number of hydrogen-bond donors (Lipinski definition) is 1. The smallest absolute Gasteiger partial charge is 0.144 e. The highest BCUT2D eigenvalue weighted by molar-refractivity contribution is 5.80. The Labute approximate surface area is 62.0 Å². The molecule has 0 fully saturated rings. The predicted octanol–water partition coefficient (Wildman–Crippen LogP) is 0.578. The van der Waals surface area contributed by atoms with Crippen LogP contribution < -0.4 is 5.32 Å². The van der Waals surface area contributed by atoms with E-state index in [0.717, 1.165) is 13.0 Å². The van der Waals surface area contributed by atoms with Crippen LogP contribution in [0.15, 0.2) is 0 Å². The summed E-state index contributed by atoms with van der Waals surface area (Å²) in [5, 5.41) is 2.96. The van der Waals surface area contributed by atoms with E-state index in [1.165, 1.54) is 0 Å². The van der Waals surface area contributed by atoms with Crippen LogP contribution in [-0.2, 0) is 4.79 Å². The van der Waals surface area contributed by atoms with Gasteiger partial charge in [0.05, 0.1) is 6.42 Å². The van der Waals surface area contributed by atoms with Crippen LogP contribution in [-0.4, -0.2) is 19.4 Å². The Morgan fingerprint density at radius 1 is 1.70 bits per heavy atom. The van der Waals surface area contributed by atoms with Gasteiger partial charge in [0, 0.05) is 6.42 Å². The number of rotatable bonds is 5. The standard InChI is InChI=1S/C8H13NO/c1-3-5-8(10)6-4-7-9-2/h1,9H,4-7H2,2H3. The molecular formula is C8H13NO. The summed E-state index contributed by atoms with van der Waals surface area (Å²) < 4.78 is 0. The molecule has 0 aliphatic heterocycles. The minimum atomic E-state index is 0.165. The van der Waals surface area contributed by atoms with Crippen molar-refractivity contribution in [3.8, 4) is 12.3 Å². The third-order valence-corrected chi connectivity index (χ3v) is 1.18. The van der Waals surface area contributed by atoms with Crippen molar-refractivity contribution >= 4 is 5.78 Å². The average molecular weight is 139 g/mol. The maximum Gasteiger partial charge on any atom is 0.144 e. The van der Waals surface area contributed by atoms with E-state index in [9.17, 15) is 4.79 Å². The number of terminal acetylenes is 1. The Kier molecular flexibility index (Phi) is 5.80. The Morgan fingerprint density at radius 2 is 2.40 bits per heavy atom. The predicted molar refractivity (Wildman–Crippen MR) is 41.6 cm³/mol. The Hall–Kier alpha value is -0.810. The van der Waals surface area contributed by atoms with E-state index in [-0.39, 0.29) is 12.2 Å². The molecule has 56 valence electrons. The van der Waals surface area contributed by atoms with Crippen LogP contribution in [0.2, 0.25) is 0 Å². The molecule has 0 aliphatic carbocycles. The monoisotopic (exact) mass is 139 g/mol. The fourth-order valence-electron chi connectivity index (χ4n) is 0.665. The molecule has 0 aromatic carbocycles. The summed E-state index contributed by atoms with van der Waals surface area (Å²) in [6.45, 7) is 0.885. The van der Waals surface area contributed by atoms with E-state index in [2.05, 4.69) is 11.2 Å². The topological polar surface area (TPSA) is 29.1 Å². The number of Topliss-reactive ketones (excluding diaryl/α,β-unsaturated/α-hetero) is 1. The molecule has 0 radical (unpaired) electrons. The molecule has 0 rings (SSSR count). The SMILES string of the molecule is C#CCC(=O)CCCNC. The molecule has 1 N–H and O–H groups in total. The van der Waals surface area contributed by atoms with Gasteiger partial charge in [0.2, 0.25) is 0 Å². The second kappa shape index (κ2) is 6.31. The summed E-state index contributed by atoms with van der Waals surface area (Å²) in [5.41, 5.74) is 0. The molecule has 0 atom stereocenters. The lowest BCUT2D eigenvalue weighted by atomic mass is 10.2. The van der Waals surface area contributed by atoms with Crippen molar-refractivity contribution in [3.63, 3.8) is 0 Å². The van der Waals surface area contributed by atoms with E-state index >= 15 is 0 Å². The number of hydrogen-bond acceptors (Lipinski definition) is 2. The fourth-order valence-corrected chi connectivity index (χ4v) is 0.665. The van der Waals surface area contributed by atoms with Crippen LogP contribution in [0, 0.1) is 12.3 Å². The highest BCUT2D eigenvalue weighted by atomic mass is 16.1. The normalized spacial score (nSPS) is 8.80. The zero-order valence-electron chi connectivity index (χ0n) is 6.31. The zero-order valence-corrected chi connectivity index (χ0v) is 6.31. The van der Waals surface area contributed by atoms with Crippen LogP contribution in [0.4, 0.5) is 0 Å². The summed E-state index contributed by atoms with van der Waals surface area (Å²) in [5.74, 6) is 2.49. The summed E-state index contributed by atoms with van der Waals surface area (Å²) >= 11 is 0. The first-order valence-corrected chi connectivity index (χ1v) is 3.41. The lowest BCUT2D eigenvalue weighted by Gasteiger charge is -1.95. The molecule has 0 heterocycles. The van der Waals surface area contributed by atoms with Crippen LogP contribution in [0.5, 0.6) is 0 Å². The minimum absolute atomic E-state index is 0.165. The molecule has 0 saturated carbocycles. The second-order valence-corrected chi connectivity index (χ2v) is 2.13. The van der Waals surface area contributed by atoms with Crippen molar-refractivity contribution in [2.45, 2.75) is 19.3 Å². The van der Waals surface area contributed by atoms with Crippen LogP contribution in [0.3, 0.4) is 0 Å². The summed E-state index contributed by atoms with van der Waals surface area (Å²) in [6, 6.07) is 0. The molecule has 0 aromatic rings. The number of nitrogens with one attached hydrogen (secondary N) is 1. The van der Waals surface area contributed by atoms with Gasteiger partial charge in [-0.05, 0) is 20.0 Å². The molecule has 0 bridgehead atoms. The highest BCUT2D eigenvalue weighted by Crippen LogP contribution is 1.91. The number of carbonyl (C=O) groups excluding carboxylic acids is 1. The Bertz CT molecular complexity index is 135. The van der Waals surface area contributed by atoms with Gasteiger partial charge in [-0.1, -0.05) is 5.92 Å². The first-order valence-electron chi connectivity index (χ1n) is 3.41. The lowest BCUT2D eigenvalue weighted by Crippen LogP contribution is -2.09. The molecule has 10 heavy (non-hydrogen) atoms. The minimum Gasteiger partial charge on any atom is -0.320 e. The maximum absolute atomic E-state index is 10.7.